The number of carbonyl (C=O) groups excluding carboxylic acids is 1. The maximum atomic E-state index is 12.3. The molecule has 2 heterocycles. The summed E-state index contributed by atoms with van der Waals surface area (Å²) in [5, 5.41) is 18.3. The molecule has 2 aromatic heterocycles. The van der Waals surface area contributed by atoms with Crippen molar-refractivity contribution in [1.82, 2.24) is 25.4 Å². The van der Waals surface area contributed by atoms with Crippen LogP contribution in [-0.2, 0) is 4.79 Å². The summed E-state index contributed by atoms with van der Waals surface area (Å²) in [4.78, 5) is 12.3. The Morgan fingerprint density at radius 3 is 2.88 bits per heavy atom. The molecule has 0 aliphatic carbocycles. The van der Waals surface area contributed by atoms with Gasteiger partial charge in [-0.2, -0.15) is 4.68 Å². The third-order valence-corrected chi connectivity index (χ3v) is 4.25. The lowest BCUT2D eigenvalue weighted by atomic mass is 10.2. The minimum absolute atomic E-state index is 0.202. The van der Waals surface area contributed by atoms with Gasteiger partial charge >= 0.3 is 0 Å². The summed E-state index contributed by atoms with van der Waals surface area (Å²) in [6.07, 6.45) is 0. The summed E-state index contributed by atoms with van der Waals surface area (Å²) in [5.41, 5.74) is 1.95. The number of nitrogens with one attached hydrogen (secondary N) is 1. The van der Waals surface area contributed by atoms with Gasteiger partial charge in [0.2, 0.25) is 11.1 Å². The highest BCUT2D eigenvalue weighted by Crippen LogP contribution is 2.24. The molecular weight excluding hydrogens is 328 g/mol. The van der Waals surface area contributed by atoms with Gasteiger partial charge in [0.15, 0.2) is 5.82 Å². The molecule has 0 spiro atoms. The molecule has 3 rings (SSSR count). The number of aromatic nitrogens is 5. The van der Waals surface area contributed by atoms with Crippen LogP contribution in [0.5, 0.6) is 0 Å². The molecule has 0 fully saturated rings. The smallest absolute Gasteiger partial charge is 0.238 e. The number of hydrogen-bond acceptors (Lipinski definition) is 7. The van der Waals surface area contributed by atoms with Crippen molar-refractivity contribution in [2.45, 2.75) is 31.2 Å². The molecule has 1 aromatic carbocycles. The van der Waals surface area contributed by atoms with E-state index in [0.29, 0.717) is 16.7 Å². The largest absolute Gasteiger partial charge is 0.360 e. The van der Waals surface area contributed by atoms with Crippen molar-refractivity contribution in [3.63, 3.8) is 0 Å². The van der Waals surface area contributed by atoms with E-state index in [9.17, 15) is 4.79 Å². The number of amides is 1. The normalized spacial score (nSPS) is 12.1. The number of tetrazole rings is 1. The van der Waals surface area contributed by atoms with Crippen LogP contribution >= 0.6 is 11.8 Å². The maximum absolute atomic E-state index is 12.3. The van der Waals surface area contributed by atoms with Crippen LogP contribution in [0, 0.1) is 13.8 Å². The van der Waals surface area contributed by atoms with Crippen molar-refractivity contribution in [1.29, 1.82) is 0 Å². The fourth-order valence-electron chi connectivity index (χ4n) is 2.04. The Bertz CT molecular complexity index is 859. The zero-order chi connectivity index (χ0) is 17.1. The molecule has 8 nitrogen and oxygen atoms in total. The van der Waals surface area contributed by atoms with Gasteiger partial charge in [0.25, 0.3) is 0 Å². The molecule has 0 saturated heterocycles. The highest BCUT2D eigenvalue weighted by Gasteiger charge is 2.20. The summed E-state index contributed by atoms with van der Waals surface area (Å²) in [6.45, 7) is 5.54. The van der Waals surface area contributed by atoms with Gasteiger partial charge in [0.05, 0.1) is 10.9 Å². The fourth-order valence-corrected chi connectivity index (χ4v) is 2.85. The third kappa shape index (κ3) is 3.62. The monoisotopic (exact) mass is 344 g/mol. The minimum atomic E-state index is -0.406. The van der Waals surface area contributed by atoms with E-state index in [4.69, 9.17) is 4.52 Å². The molecule has 3 aromatic rings. The lowest BCUT2D eigenvalue weighted by molar-refractivity contribution is -0.115. The lowest BCUT2D eigenvalue weighted by Gasteiger charge is -2.10. The van der Waals surface area contributed by atoms with E-state index in [0.717, 1.165) is 11.3 Å². The summed E-state index contributed by atoms with van der Waals surface area (Å²) in [6, 6.07) is 9.48. The van der Waals surface area contributed by atoms with Crippen molar-refractivity contribution in [3.8, 4) is 5.69 Å². The number of benzene rings is 1. The molecule has 0 saturated carbocycles. The predicted molar refractivity (Wildman–Crippen MR) is 89.1 cm³/mol. The molecule has 1 unspecified atom stereocenters. The van der Waals surface area contributed by atoms with Crippen LogP contribution in [0.15, 0.2) is 40.0 Å². The van der Waals surface area contributed by atoms with Crippen LogP contribution < -0.4 is 5.32 Å². The molecule has 0 aliphatic heterocycles. The van der Waals surface area contributed by atoms with Gasteiger partial charge < -0.3 is 9.84 Å². The fraction of sp³-hybridized carbons (Fsp3) is 0.267. The van der Waals surface area contributed by atoms with Crippen LogP contribution in [0.2, 0.25) is 0 Å². The summed E-state index contributed by atoms with van der Waals surface area (Å²) < 4.78 is 6.54. The SMILES string of the molecule is Cc1cccc(-n2nnnc2SC(C)C(=O)Nc2cc(C)on2)c1. The Hall–Kier alpha value is -2.68. The topological polar surface area (TPSA) is 98.7 Å². The highest BCUT2D eigenvalue weighted by molar-refractivity contribution is 8.00. The minimum Gasteiger partial charge on any atom is -0.360 e. The van der Waals surface area contributed by atoms with E-state index < -0.39 is 5.25 Å². The van der Waals surface area contributed by atoms with Crippen molar-refractivity contribution in [2.24, 2.45) is 0 Å². The Balaban J connectivity index is 1.72. The first-order valence-corrected chi connectivity index (χ1v) is 8.17. The van der Waals surface area contributed by atoms with Crippen molar-refractivity contribution >= 4 is 23.5 Å². The van der Waals surface area contributed by atoms with Crippen LogP contribution in [0.4, 0.5) is 5.82 Å². The zero-order valence-corrected chi connectivity index (χ0v) is 14.2. The van der Waals surface area contributed by atoms with Gasteiger partial charge in [0.1, 0.15) is 5.76 Å². The summed E-state index contributed by atoms with van der Waals surface area (Å²) in [7, 11) is 0. The van der Waals surface area contributed by atoms with Gasteiger partial charge in [-0.15, -0.1) is 5.10 Å². The second kappa shape index (κ2) is 6.83. The van der Waals surface area contributed by atoms with Crippen molar-refractivity contribution in [2.75, 3.05) is 5.32 Å². The number of aryl methyl sites for hydroxylation is 2. The molecule has 9 heteroatoms. The van der Waals surface area contributed by atoms with Gasteiger partial charge in [-0.25, -0.2) is 0 Å². The quantitative estimate of drug-likeness (QED) is 0.709. The maximum Gasteiger partial charge on any atom is 0.238 e. The highest BCUT2D eigenvalue weighted by atomic mass is 32.2. The number of hydrogen-bond donors (Lipinski definition) is 1. The molecule has 0 bridgehead atoms. The van der Waals surface area contributed by atoms with E-state index in [-0.39, 0.29) is 5.91 Å². The van der Waals surface area contributed by atoms with Crippen LogP contribution in [-0.4, -0.2) is 36.5 Å². The number of rotatable bonds is 5. The number of carbonyl (C=O) groups is 1. The van der Waals surface area contributed by atoms with E-state index in [2.05, 4.69) is 26.0 Å². The van der Waals surface area contributed by atoms with E-state index in [1.54, 1.807) is 24.6 Å². The van der Waals surface area contributed by atoms with Crippen LogP contribution in [0.3, 0.4) is 0 Å². The summed E-state index contributed by atoms with van der Waals surface area (Å²) >= 11 is 1.27. The molecular formula is C15H16N6O2S. The predicted octanol–water partition coefficient (Wildman–Crippen LogP) is 2.39. The van der Waals surface area contributed by atoms with Crippen molar-refractivity contribution < 1.29 is 9.32 Å². The van der Waals surface area contributed by atoms with E-state index in [1.165, 1.54) is 11.8 Å². The summed E-state index contributed by atoms with van der Waals surface area (Å²) in [5.74, 6) is 0.823. The first-order chi connectivity index (χ1) is 11.5. The molecule has 1 amide bonds. The molecule has 1 atom stereocenters. The van der Waals surface area contributed by atoms with E-state index in [1.807, 2.05) is 31.2 Å². The van der Waals surface area contributed by atoms with Crippen LogP contribution in [0.1, 0.15) is 18.2 Å². The number of thioether (sulfide) groups is 1. The Labute approximate surface area is 142 Å². The second-order valence-electron chi connectivity index (χ2n) is 5.28. The van der Waals surface area contributed by atoms with Gasteiger partial charge in [-0.1, -0.05) is 29.1 Å². The van der Waals surface area contributed by atoms with E-state index >= 15 is 0 Å². The van der Waals surface area contributed by atoms with Gasteiger partial charge in [0, 0.05) is 6.07 Å². The average Bonchev–Trinajstić information content (AvgIpc) is 3.16. The standard InChI is InChI=1S/C15H16N6O2S/c1-9-5-4-6-12(7-9)21-15(17-19-20-21)24-11(3)14(22)16-13-8-10(2)23-18-13/h4-8,11H,1-3H3,(H,16,18,22). The molecule has 0 radical (unpaired) electrons. The first-order valence-electron chi connectivity index (χ1n) is 7.29. The molecule has 0 aliphatic rings. The Morgan fingerprint density at radius 1 is 1.33 bits per heavy atom. The number of nitrogens with zero attached hydrogens (tertiary/aromatic N) is 5. The molecule has 24 heavy (non-hydrogen) atoms. The van der Waals surface area contributed by atoms with Gasteiger partial charge in [-0.05, 0) is 48.9 Å². The number of anilines is 1. The second-order valence-corrected chi connectivity index (χ2v) is 6.59. The third-order valence-electron chi connectivity index (χ3n) is 3.22. The average molecular weight is 344 g/mol. The van der Waals surface area contributed by atoms with Gasteiger partial charge in [-0.3, -0.25) is 4.79 Å². The lowest BCUT2D eigenvalue weighted by Crippen LogP contribution is -2.23. The first kappa shape index (κ1) is 16.2. The zero-order valence-electron chi connectivity index (χ0n) is 13.4. The Morgan fingerprint density at radius 2 is 2.17 bits per heavy atom. The molecule has 1 N–H and O–H groups in total. The Kier molecular flexibility index (Phi) is 4.61. The molecule has 124 valence electrons. The van der Waals surface area contributed by atoms with Crippen molar-refractivity contribution in [3.05, 3.63) is 41.7 Å². The van der Waals surface area contributed by atoms with Crippen LogP contribution in [0.25, 0.3) is 5.69 Å².